The van der Waals surface area contributed by atoms with Crippen molar-refractivity contribution in [2.45, 2.75) is 18.7 Å². The van der Waals surface area contributed by atoms with Gasteiger partial charge in [0, 0.05) is 18.8 Å². The van der Waals surface area contributed by atoms with Crippen molar-refractivity contribution >= 4 is 61.0 Å². The van der Waals surface area contributed by atoms with Crippen molar-refractivity contribution in [3.8, 4) is 0 Å². The Bertz CT molecular complexity index is 542. The fourth-order valence-electron chi connectivity index (χ4n) is 2.22. The number of halogens is 4. The van der Waals surface area contributed by atoms with E-state index in [9.17, 15) is 18.0 Å². The summed E-state index contributed by atoms with van der Waals surface area (Å²) in [5.41, 5.74) is -0.482. The van der Waals surface area contributed by atoms with Crippen molar-refractivity contribution in [3.63, 3.8) is 0 Å². The van der Waals surface area contributed by atoms with Gasteiger partial charge in [-0.2, -0.15) is 13.2 Å². The summed E-state index contributed by atoms with van der Waals surface area (Å²) >= 11 is 5.57. The van der Waals surface area contributed by atoms with Crippen LogP contribution in [0.2, 0.25) is 5.02 Å². The van der Waals surface area contributed by atoms with Crippen LogP contribution >= 0.6 is 11.6 Å². The molecule has 0 aromatic heterocycles. The molecule has 2 rings (SSSR count). The minimum atomic E-state index is -4.51. The van der Waals surface area contributed by atoms with Gasteiger partial charge in [0.2, 0.25) is 0 Å². The molecule has 1 atom stereocenters. The number of benzene rings is 1. The first-order valence-electron chi connectivity index (χ1n) is 6.22. The average Bonchev–Trinajstić information content (AvgIpc) is 2.84. The zero-order valence-corrected chi connectivity index (χ0v) is 11.6. The molecule has 120 valence electrons. The van der Waals surface area contributed by atoms with Gasteiger partial charge in [-0.15, -0.1) is 0 Å². The number of rotatable bonds is 4. The SMILES string of the molecule is O=C(O)COC1CCN(c2ccc(Cl)c(C(F)(F)F)c2)C1.[CaH2]. The number of aliphatic carboxylic acids is 1. The van der Waals surface area contributed by atoms with Gasteiger partial charge in [-0.1, -0.05) is 11.6 Å². The molecule has 1 heterocycles. The van der Waals surface area contributed by atoms with Crippen LogP contribution in [0.15, 0.2) is 18.2 Å². The van der Waals surface area contributed by atoms with Crippen molar-refractivity contribution in [3.05, 3.63) is 28.8 Å². The Morgan fingerprint density at radius 3 is 2.73 bits per heavy atom. The van der Waals surface area contributed by atoms with E-state index >= 15 is 0 Å². The van der Waals surface area contributed by atoms with Gasteiger partial charge >= 0.3 is 49.9 Å². The van der Waals surface area contributed by atoms with Gasteiger partial charge in [-0.3, -0.25) is 0 Å². The van der Waals surface area contributed by atoms with Crippen molar-refractivity contribution in [1.82, 2.24) is 0 Å². The predicted molar refractivity (Wildman–Crippen MR) is 79.2 cm³/mol. The first kappa shape index (κ1) is 19.8. The molecule has 9 heteroatoms. The van der Waals surface area contributed by atoms with Crippen molar-refractivity contribution in [2.75, 3.05) is 24.6 Å². The van der Waals surface area contributed by atoms with E-state index in [0.717, 1.165) is 6.07 Å². The summed E-state index contributed by atoms with van der Waals surface area (Å²) in [6, 6.07) is 3.73. The number of anilines is 1. The molecule has 1 saturated heterocycles. The number of nitrogens with zero attached hydrogens (tertiary/aromatic N) is 1. The molecule has 1 aliphatic rings. The third-order valence-electron chi connectivity index (χ3n) is 3.21. The fourth-order valence-corrected chi connectivity index (χ4v) is 2.44. The Labute approximate surface area is 160 Å². The first-order valence-corrected chi connectivity index (χ1v) is 6.60. The zero-order chi connectivity index (χ0) is 15.6. The van der Waals surface area contributed by atoms with Crippen LogP contribution in [0.25, 0.3) is 0 Å². The maximum absolute atomic E-state index is 12.8. The quantitative estimate of drug-likeness (QED) is 0.830. The second-order valence-electron chi connectivity index (χ2n) is 4.72. The monoisotopic (exact) mass is 365 g/mol. The van der Waals surface area contributed by atoms with Crippen LogP contribution in [0, 0.1) is 0 Å². The van der Waals surface area contributed by atoms with Gasteiger partial charge in [0.1, 0.15) is 6.61 Å². The van der Waals surface area contributed by atoms with Crippen LogP contribution in [0.3, 0.4) is 0 Å². The molecule has 22 heavy (non-hydrogen) atoms. The van der Waals surface area contributed by atoms with E-state index in [2.05, 4.69) is 0 Å². The van der Waals surface area contributed by atoms with Crippen LogP contribution in [-0.2, 0) is 15.7 Å². The summed E-state index contributed by atoms with van der Waals surface area (Å²) in [5.74, 6) is -1.07. The molecule has 0 amide bonds. The topological polar surface area (TPSA) is 49.8 Å². The van der Waals surface area contributed by atoms with Gasteiger partial charge < -0.3 is 14.7 Å². The number of carboxylic acid groups (broad SMARTS) is 1. The standard InChI is InChI=1S/C13H13ClF3NO3.Ca.2H/c14-11-2-1-8(5-10(11)13(15,16)17)18-4-3-9(6-18)21-7-12(19)20;;;/h1-2,5,9H,3-4,6-7H2,(H,19,20);;;. The molecule has 1 unspecified atom stereocenters. The molecular formula is C13H15CaClF3NO3. The van der Waals surface area contributed by atoms with Gasteiger partial charge in [0.05, 0.1) is 16.7 Å². The second-order valence-corrected chi connectivity index (χ2v) is 5.13. The maximum atomic E-state index is 12.8. The number of ether oxygens (including phenoxy) is 1. The zero-order valence-electron chi connectivity index (χ0n) is 10.9. The van der Waals surface area contributed by atoms with Gasteiger partial charge in [-0.05, 0) is 24.6 Å². The van der Waals surface area contributed by atoms with Crippen molar-refractivity contribution in [2.24, 2.45) is 0 Å². The van der Waals surface area contributed by atoms with Gasteiger partial charge in [0.15, 0.2) is 0 Å². The third-order valence-corrected chi connectivity index (χ3v) is 3.54. The Morgan fingerprint density at radius 2 is 2.14 bits per heavy atom. The molecule has 0 saturated carbocycles. The average molecular weight is 366 g/mol. The molecule has 4 nitrogen and oxygen atoms in total. The van der Waals surface area contributed by atoms with E-state index in [1.807, 2.05) is 0 Å². The van der Waals surface area contributed by atoms with E-state index in [4.69, 9.17) is 21.4 Å². The number of alkyl halides is 3. The van der Waals surface area contributed by atoms with E-state index in [-0.39, 0.29) is 48.9 Å². The van der Waals surface area contributed by atoms with Crippen LogP contribution < -0.4 is 4.90 Å². The molecular weight excluding hydrogens is 351 g/mol. The molecule has 0 spiro atoms. The van der Waals surface area contributed by atoms with Crippen LogP contribution in [0.1, 0.15) is 12.0 Å². The summed E-state index contributed by atoms with van der Waals surface area (Å²) in [4.78, 5) is 12.1. The van der Waals surface area contributed by atoms with Gasteiger partial charge in [-0.25, -0.2) is 4.79 Å². The Balaban J connectivity index is 0.00000242. The van der Waals surface area contributed by atoms with Crippen molar-refractivity contribution < 1.29 is 27.8 Å². The summed E-state index contributed by atoms with van der Waals surface area (Å²) in [6.45, 7) is 0.447. The van der Waals surface area contributed by atoms with Crippen LogP contribution in [0.4, 0.5) is 18.9 Å². The molecule has 1 fully saturated rings. The van der Waals surface area contributed by atoms with E-state index < -0.39 is 24.3 Å². The van der Waals surface area contributed by atoms with E-state index in [1.165, 1.54) is 12.1 Å². The van der Waals surface area contributed by atoms with E-state index in [0.29, 0.717) is 25.2 Å². The minimum absolute atomic E-state index is 0. The molecule has 0 radical (unpaired) electrons. The summed E-state index contributed by atoms with van der Waals surface area (Å²) in [7, 11) is 0. The summed E-state index contributed by atoms with van der Waals surface area (Å²) < 4.78 is 43.6. The van der Waals surface area contributed by atoms with Crippen LogP contribution in [-0.4, -0.2) is 74.6 Å². The molecule has 1 aliphatic heterocycles. The molecule has 1 aromatic carbocycles. The van der Waals surface area contributed by atoms with E-state index in [1.54, 1.807) is 4.90 Å². The van der Waals surface area contributed by atoms with Gasteiger partial charge in [0.25, 0.3) is 0 Å². The fraction of sp³-hybridized carbons (Fsp3) is 0.462. The number of hydrogen-bond acceptors (Lipinski definition) is 3. The summed E-state index contributed by atoms with van der Waals surface area (Å²) in [6.07, 6.45) is -4.24. The molecule has 1 N–H and O–H groups in total. The normalized spacial score (nSPS) is 18.2. The third kappa shape index (κ3) is 5.16. The first-order chi connectivity index (χ1) is 9.77. The number of carbonyl (C=O) groups is 1. The molecule has 1 aromatic rings. The summed E-state index contributed by atoms with van der Waals surface area (Å²) in [5, 5.41) is 8.19. The van der Waals surface area contributed by atoms with Crippen LogP contribution in [0.5, 0.6) is 0 Å². The Hall–Kier alpha value is -0.210. The molecule has 0 aliphatic carbocycles. The Morgan fingerprint density at radius 1 is 1.45 bits per heavy atom. The predicted octanol–water partition coefficient (Wildman–Crippen LogP) is 2.12. The molecule has 0 bridgehead atoms. The second kappa shape index (κ2) is 8.06. The number of carboxylic acids is 1. The number of hydrogen-bond donors (Lipinski definition) is 1. The van der Waals surface area contributed by atoms with Crippen molar-refractivity contribution in [1.29, 1.82) is 0 Å². The Kier molecular flexibility index (Phi) is 7.26.